The van der Waals surface area contributed by atoms with Crippen molar-refractivity contribution in [2.45, 2.75) is 33.2 Å². The number of carbonyl (C=O) groups excluding carboxylic acids is 1. The third-order valence-electron chi connectivity index (χ3n) is 4.23. The molecule has 5 heteroatoms. The summed E-state index contributed by atoms with van der Waals surface area (Å²) in [7, 11) is 0. The quantitative estimate of drug-likeness (QED) is 0.728. The van der Waals surface area contributed by atoms with Crippen LogP contribution >= 0.6 is 11.3 Å². The Balaban J connectivity index is 1.57. The third kappa shape index (κ3) is 4.51. The second kappa shape index (κ2) is 8.03. The second-order valence-electron chi connectivity index (χ2n) is 6.06. The van der Waals surface area contributed by atoms with E-state index >= 15 is 0 Å². The smallest absolute Gasteiger partial charge is 0.220 e. The molecule has 0 fully saturated rings. The van der Waals surface area contributed by atoms with Crippen molar-refractivity contribution in [2.75, 3.05) is 0 Å². The molecular formula is C20H21N3OS. The molecule has 0 radical (unpaired) electrons. The van der Waals surface area contributed by atoms with Crippen LogP contribution in [0.3, 0.4) is 0 Å². The van der Waals surface area contributed by atoms with E-state index in [9.17, 15) is 4.79 Å². The zero-order chi connectivity index (χ0) is 17.6. The van der Waals surface area contributed by atoms with Gasteiger partial charge in [0, 0.05) is 29.8 Å². The lowest BCUT2D eigenvalue weighted by atomic mass is 10.0. The van der Waals surface area contributed by atoms with Gasteiger partial charge in [-0.3, -0.25) is 14.8 Å². The Morgan fingerprint density at radius 1 is 1.12 bits per heavy atom. The molecule has 4 nitrogen and oxygen atoms in total. The minimum Gasteiger partial charge on any atom is -0.350 e. The summed E-state index contributed by atoms with van der Waals surface area (Å²) < 4.78 is 0. The average molecular weight is 351 g/mol. The number of aromatic nitrogens is 2. The van der Waals surface area contributed by atoms with Crippen LogP contribution in [0.2, 0.25) is 0 Å². The van der Waals surface area contributed by atoms with E-state index in [1.165, 1.54) is 16.7 Å². The van der Waals surface area contributed by atoms with Gasteiger partial charge in [0.25, 0.3) is 0 Å². The van der Waals surface area contributed by atoms with Gasteiger partial charge in [-0.1, -0.05) is 18.2 Å². The van der Waals surface area contributed by atoms with Crippen LogP contribution in [0.25, 0.3) is 11.3 Å². The van der Waals surface area contributed by atoms with Gasteiger partial charge in [-0.2, -0.15) is 11.3 Å². The third-order valence-corrected chi connectivity index (χ3v) is 4.92. The number of carbonyl (C=O) groups is 1. The van der Waals surface area contributed by atoms with E-state index in [0.717, 1.165) is 23.4 Å². The zero-order valence-corrected chi connectivity index (χ0v) is 15.3. The van der Waals surface area contributed by atoms with Gasteiger partial charge in [0.05, 0.1) is 17.9 Å². The number of nitrogens with one attached hydrogen (secondary N) is 1. The molecule has 0 atom stereocenters. The molecule has 0 spiro atoms. The van der Waals surface area contributed by atoms with Gasteiger partial charge in [-0.15, -0.1) is 0 Å². The fourth-order valence-electron chi connectivity index (χ4n) is 2.62. The van der Waals surface area contributed by atoms with Crippen LogP contribution in [0.1, 0.15) is 28.8 Å². The highest BCUT2D eigenvalue weighted by atomic mass is 32.1. The summed E-state index contributed by atoms with van der Waals surface area (Å²) in [5.74, 6) is 0.0279. The van der Waals surface area contributed by atoms with Crippen LogP contribution in [0, 0.1) is 13.8 Å². The van der Waals surface area contributed by atoms with E-state index in [0.29, 0.717) is 13.0 Å². The maximum Gasteiger partial charge on any atom is 0.220 e. The highest BCUT2D eigenvalue weighted by Gasteiger charge is 2.10. The number of nitrogens with zero attached hydrogens (tertiary/aromatic N) is 2. The Morgan fingerprint density at radius 3 is 2.72 bits per heavy atom. The molecule has 0 aliphatic carbocycles. The van der Waals surface area contributed by atoms with Crippen molar-refractivity contribution in [1.29, 1.82) is 0 Å². The maximum atomic E-state index is 12.2. The fourth-order valence-corrected chi connectivity index (χ4v) is 3.26. The summed E-state index contributed by atoms with van der Waals surface area (Å²) in [6, 6.07) is 8.36. The van der Waals surface area contributed by atoms with Crippen molar-refractivity contribution in [2.24, 2.45) is 0 Å². The van der Waals surface area contributed by atoms with Crippen LogP contribution < -0.4 is 5.32 Å². The predicted octanol–water partition coefficient (Wildman–Crippen LogP) is 4.07. The molecule has 128 valence electrons. The first kappa shape index (κ1) is 17.3. The van der Waals surface area contributed by atoms with E-state index in [2.05, 4.69) is 47.3 Å². The van der Waals surface area contributed by atoms with Crippen molar-refractivity contribution < 1.29 is 4.79 Å². The minimum absolute atomic E-state index is 0.0279. The number of hydrogen-bond donors (Lipinski definition) is 1. The minimum atomic E-state index is 0.0279. The summed E-state index contributed by atoms with van der Waals surface area (Å²) in [6.07, 6.45) is 4.55. The first-order valence-electron chi connectivity index (χ1n) is 8.29. The molecule has 0 bridgehead atoms. The number of aryl methyl sites for hydroxylation is 3. The highest BCUT2D eigenvalue weighted by Crippen LogP contribution is 2.22. The van der Waals surface area contributed by atoms with E-state index < -0.39 is 0 Å². The van der Waals surface area contributed by atoms with Crippen molar-refractivity contribution in [3.05, 3.63) is 69.8 Å². The SMILES string of the molecule is Cc1ccc(CCC(=O)NCc2nccnc2-c2ccsc2)cc1C. The second-order valence-corrected chi connectivity index (χ2v) is 6.84. The van der Waals surface area contributed by atoms with Gasteiger partial charge in [-0.25, -0.2) is 0 Å². The first-order chi connectivity index (χ1) is 12.1. The molecule has 1 amide bonds. The van der Waals surface area contributed by atoms with Gasteiger partial charge in [0.15, 0.2) is 0 Å². The summed E-state index contributed by atoms with van der Waals surface area (Å²) in [5, 5.41) is 7.01. The summed E-state index contributed by atoms with van der Waals surface area (Å²) >= 11 is 1.62. The number of amides is 1. The molecule has 0 saturated heterocycles. The van der Waals surface area contributed by atoms with Crippen LogP contribution in [-0.2, 0) is 17.8 Å². The Labute approximate surface area is 152 Å². The van der Waals surface area contributed by atoms with Crippen molar-refractivity contribution in [3.63, 3.8) is 0 Å². The van der Waals surface area contributed by atoms with Crippen LogP contribution in [-0.4, -0.2) is 15.9 Å². The predicted molar refractivity (Wildman–Crippen MR) is 101 cm³/mol. The molecule has 0 saturated carbocycles. The van der Waals surface area contributed by atoms with Gasteiger partial charge < -0.3 is 5.32 Å². The topological polar surface area (TPSA) is 54.9 Å². The standard InChI is InChI=1S/C20H21N3OS/c1-14-3-4-16(11-15(14)2)5-6-19(24)23-12-18-20(22-9-8-21-18)17-7-10-25-13-17/h3-4,7-11,13H,5-6,12H2,1-2H3,(H,23,24). The van der Waals surface area contributed by atoms with Crippen LogP contribution in [0.15, 0.2) is 47.4 Å². The first-order valence-corrected chi connectivity index (χ1v) is 9.23. The van der Waals surface area contributed by atoms with E-state index in [1.807, 2.05) is 16.8 Å². The Kier molecular flexibility index (Phi) is 5.56. The van der Waals surface area contributed by atoms with Crippen LogP contribution in [0.4, 0.5) is 0 Å². The molecule has 2 aromatic heterocycles. The van der Waals surface area contributed by atoms with Gasteiger partial charge in [0.2, 0.25) is 5.91 Å². The molecule has 0 aliphatic heterocycles. The number of hydrogen-bond acceptors (Lipinski definition) is 4. The normalized spacial score (nSPS) is 10.6. The van der Waals surface area contributed by atoms with Gasteiger partial charge >= 0.3 is 0 Å². The Morgan fingerprint density at radius 2 is 1.96 bits per heavy atom. The van der Waals surface area contributed by atoms with Gasteiger partial charge in [-0.05, 0) is 48.4 Å². The largest absolute Gasteiger partial charge is 0.350 e. The molecule has 3 rings (SSSR count). The zero-order valence-electron chi connectivity index (χ0n) is 14.5. The van der Waals surface area contributed by atoms with Crippen molar-refractivity contribution >= 4 is 17.2 Å². The summed E-state index contributed by atoms with van der Waals surface area (Å²) in [5.41, 5.74) is 6.39. The molecule has 1 N–H and O–H groups in total. The van der Waals surface area contributed by atoms with E-state index in [1.54, 1.807) is 23.7 Å². The summed E-state index contributed by atoms with van der Waals surface area (Å²) in [4.78, 5) is 21.0. The molecule has 3 aromatic rings. The van der Waals surface area contributed by atoms with Crippen molar-refractivity contribution in [3.8, 4) is 11.3 Å². The van der Waals surface area contributed by atoms with E-state index in [4.69, 9.17) is 0 Å². The highest BCUT2D eigenvalue weighted by molar-refractivity contribution is 7.08. The van der Waals surface area contributed by atoms with Crippen molar-refractivity contribution in [1.82, 2.24) is 15.3 Å². The molecule has 0 unspecified atom stereocenters. The van der Waals surface area contributed by atoms with Gasteiger partial charge in [0.1, 0.15) is 0 Å². The monoisotopic (exact) mass is 351 g/mol. The molecule has 0 aliphatic rings. The molecular weight excluding hydrogens is 330 g/mol. The van der Waals surface area contributed by atoms with Crippen LogP contribution in [0.5, 0.6) is 0 Å². The lowest BCUT2D eigenvalue weighted by molar-refractivity contribution is -0.121. The summed E-state index contributed by atoms with van der Waals surface area (Å²) in [6.45, 7) is 4.58. The Hall–Kier alpha value is -2.53. The molecule has 2 heterocycles. The maximum absolute atomic E-state index is 12.2. The average Bonchev–Trinajstić information content (AvgIpc) is 3.15. The molecule has 1 aromatic carbocycles. The fraction of sp³-hybridized carbons (Fsp3) is 0.250. The number of thiophene rings is 1. The Bertz CT molecular complexity index is 859. The lowest BCUT2D eigenvalue weighted by Crippen LogP contribution is -2.24. The molecule has 25 heavy (non-hydrogen) atoms. The number of benzene rings is 1. The lowest BCUT2D eigenvalue weighted by Gasteiger charge is -2.09. The van der Waals surface area contributed by atoms with E-state index in [-0.39, 0.29) is 5.91 Å². The number of rotatable bonds is 6.